The van der Waals surface area contributed by atoms with Crippen LogP contribution >= 0.6 is 35.3 Å². The zero-order valence-electron chi connectivity index (χ0n) is 13.7. The highest BCUT2D eigenvalue weighted by Crippen LogP contribution is 2.31. The molecule has 0 amide bonds. The second kappa shape index (κ2) is 6.97. The summed E-state index contributed by atoms with van der Waals surface area (Å²) in [4.78, 5) is 8.65. The van der Waals surface area contributed by atoms with Crippen molar-refractivity contribution in [3.8, 4) is 0 Å². The molecule has 3 unspecified atom stereocenters. The lowest BCUT2D eigenvalue weighted by molar-refractivity contribution is 0.210. The normalized spacial score (nSPS) is 24.8. The number of benzene rings is 1. The van der Waals surface area contributed by atoms with Crippen LogP contribution in [-0.4, -0.2) is 30.0 Å². The lowest BCUT2D eigenvalue weighted by Gasteiger charge is -2.36. The summed E-state index contributed by atoms with van der Waals surface area (Å²) in [6.45, 7) is 6.71. The molecule has 2 aliphatic rings. The van der Waals surface area contributed by atoms with E-state index in [1.165, 1.54) is 27.8 Å². The van der Waals surface area contributed by atoms with Gasteiger partial charge in [-0.2, -0.15) is 0 Å². The first-order valence-electron chi connectivity index (χ1n) is 8.27. The summed E-state index contributed by atoms with van der Waals surface area (Å²) in [6, 6.07) is 11.9. The first-order chi connectivity index (χ1) is 10.7. The summed E-state index contributed by atoms with van der Waals surface area (Å²) >= 11 is 1.88. The highest BCUT2D eigenvalue weighted by atomic mass is 127. The monoisotopic (exact) mass is 441 g/mol. The summed E-state index contributed by atoms with van der Waals surface area (Å²) in [5.74, 6) is 1.89. The van der Waals surface area contributed by atoms with Crippen molar-refractivity contribution in [1.82, 2.24) is 10.2 Å². The molecule has 1 aromatic carbocycles. The average molecular weight is 441 g/mol. The Labute approximate surface area is 159 Å². The minimum atomic E-state index is 0. The summed E-state index contributed by atoms with van der Waals surface area (Å²) in [5.41, 5.74) is 0. The van der Waals surface area contributed by atoms with E-state index < -0.39 is 0 Å². The molecule has 0 saturated carbocycles. The predicted octanol–water partition coefficient (Wildman–Crippen LogP) is 4.64. The fourth-order valence-electron chi connectivity index (χ4n) is 3.55. The van der Waals surface area contributed by atoms with Gasteiger partial charge < -0.3 is 10.2 Å². The number of fused-ring (bicyclic) bond motifs is 2. The Balaban J connectivity index is 0.00000156. The number of nitrogens with zero attached hydrogens (tertiary/aromatic N) is 2. The molecule has 1 saturated heterocycles. The van der Waals surface area contributed by atoms with Gasteiger partial charge in [0.2, 0.25) is 0 Å². The van der Waals surface area contributed by atoms with E-state index in [0.29, 0.717) is 12.1 Å². The van der Waals surface area contributed by atoms with Gasteiger partial charge in [-0.25, -0.2) is 0 Å². The van der Waals surface area contributed by atoms with E-state index in [9.17, 15) is 0 Å². The molecule has 2 aliphatic heterocycles. The van der Waals surface area contributed by atoms with Crippen molar-refractivity contribution in [3.05, 3.63) is 35.2 Å². The Bertz CT molecular complexity index is 678. The largest absolute Gasteiger partial charge is 0.349 e. The van der Waals surface area contributed by atoms with Gasteiger partial charge in [0, 0.05) is 16.1 Å². The van der Waals surface area contributed by atoms with E-state index in [1.54, 1.807) is 0 Å². The summed E-state index contributed by atoms with van der Waals surface area (Å²) < 4.78 is 1.36. The number of thiophene rings is 1. The quantitative estimate of drug-likeness (QED) is 0.688. The van der Waals surface area contributed by atoms with Gasteiger partial charge in [-0.05, 0) is 43.2 Å². The molecule has 23 heavy (non-hydrogen) atoms. The van der Waals surface area contributed by atoms with Crippen LogP contribution in [0.25, 0.3) is 10.1 Å². The first-order valence-corrected chi connectivity index (χ1v) is 9.08. The van der Waals surface area contributed by atoms with Gasteiger partial charge in [-0.1, -0.05) is 25.1 Å². The van der Waals surface area contributed by atoms with Crippen LogP contribution in [0.4, 0.5) is 0 Å². The Morgan fingerprint density at radius 1 is 1.30 bits per heavy atom. The van der Waals surface area contributed by atoms with E-state index in [1.807, 2.05) is 11.3 Å². The molecule has 124 valence electrons. The zero-order chi connectivity index (χ0) is 15.1. The van der Waals surface area contributed by atoms with Crippen molar-refractivity contribution in [1.29, 1.82) is 0 Å². The average Bonchev–Trinajstić information content (AvgIpc) is 3.11. The number of rotatable bonds is 2. The smallest absolute Gasteiger partial charge is 0.194 e. The molecule has 1 N–H and O–H groups in total. The van der Waals surface area contributed by atoms with Crippen LogP contribution in [0.5, 0.6) is 0 Å². The Morgan fingerprint density at radius 2 is 2.13 bits per heavy atom. The summed E-state index contributed by atoms with van der Waals surface area (Å²) in [7, 11) is 0. The van der Waals surface area contributed by atoms with Crippen LogP contribution in [0.2, 0.25) is 0 Å². The van der Waals surface area contributed by atoms with Gasteiger partial charge in [0.15, 0.2) is 5.96 Å². The predicted molar refractivity (Wildman–Crippen MR) is 110 cm³/mol. The van der Waals surface area contributed by atoms with E-state index in [2.05, 4.69) is 54.4 Å². The summed E-state index contributed by atoms with van der Waals surface area (Å²) in [6.07, 6.45) is 2.63. The van der Waals surface area contributed by atoms with Crippen LogP contribution in [0.1, 0.15) is 37.6 Å². The molecule has 3 atom stereocenters. The summed E-state index contributed by atoms with van der Waals surface area (Å²) in [5, 5.41) is 5.00. The SMILES string of the molecule is CC1CCC2CN=C(NC(C)c3cc4ccccc4s3)N2C1.I. The number of piperidine rings is 1. The molecule has 5 heteroatoms. The number of hydrogen-bond acceptors (Lipinski definition) is 4. The Hall–Kier alpha value is -0.820. The molecule has 0 aliphatic carbocycles. The van der Waals surface area contributed by atoms with Gasteiger partial charge >= 0.3 is 0 Å². The molecule has 4 rings (SSSR count). The van der Waals surface area contributed by atoms with Crippen molar-refractivity contribution < 1.29 is 0 Å². The van der Waals surface area contributed by atoms with Crippen molar-refractivity contribution in [2.45, 2.75) is 38.8 Å². The van der Waals surface area contributed by atoms with Crippen LogP contribution in [0.3, 0.4) is 0 Å². The minimum Gasteiger partial charge on any atom is -0.349 e. The zero-order valence-corrected chi connectivity index (χ0v) is 16.8. The molecular formula is C18H24IN3S. The van der Waals surface area contributed by atoms with Gasteiger partial charge in [0.1, 0.15) is 0 Å². The third-order valence-electron chi connectivity index (χ3n) is 4.88. The molecule has 0 spiro atoms. The number of hydrogen-bond donors (Lipinski definition) is 1. The highest BCUT2D eigenvalue weighted by molar-refractivity contribution is 14.0. The third kappa shape index (κ3) is 3.36. The van der Waals surface area contributed by atoms with Gasteiger partial charge in [-0.15, -0.1) is 35.3 Å². The first kappa shape index (κ1) is 17.0. The van der Waals surface area contributed by atoms with Crippen molar-refractivity contribution in [2.24, 2.45) is 10.9 Å². The fourth-order valence-corrected chi connectivity index (χ4v) is 4.62. The number of aliphatic imine (C=N–C) groups is 1. The third-order valence-corrected chi connectivity index (χ3v) is 6.18. The number of halogens is 1. The lowest BCUT2D eigenvalue weighted by atomic mass is 9.95. The van der Waals surface area contributed by atoms with Gasteiger partial charge in [0.05, 0.1) is 18.6 Å². The molecule has 2 aromatic rings. The lowest BCUT2D eigenvalue weighted by Crippen LogP contribution is -2.48. The number of nitrogens with one attached hydrogen (secondary N) is 1. The van der Waals surface area contributed by atoms with E-state index in [-0.39, 0.29) is 24.0 Å². The molecule has 0 radical (unpaired) electrons. The maximum absolute atomic E-state index is 4.77. The van der Waals surface area contributed by atoms with E-state index >= 15 is 0 Å². The van der Waals surface area contributed by atoms with Crippen molar-refractivity contribution in [3.63, 3.8) is 0 Å². The molecule has 3 heterocycles. The van der Waals surface area contributed by atoms with Crippen LogP contribution in [-0.2, 0) is 0 Å². The van der Waals surface area contributed by atoms with Crippen molar-refractivity contribution in [2.75, 3.05) is 13.1 Å². The Kier molecular flexibility index (Phi) is 5.16. The van der Waals surface area contributed by atoms with Crippen LogP contribution in [0, 0.1) is 5.92 Å². The molecule has 0 bridgehead atoms. The second-order valence-electron chi connectivity index (χ2n) is 6.71. The molecule has 1 fully saturated rings. The van der Waals surface area contributed by atoms with Crippen LogP contribution < -0.4 is 5.32 Å². The number of guanidine groups is 1. The topological polar surface area (TPSA) is 27.6 Å². The maximum atomic E-state index is 4.77. The van der Waals surface area contributed by atoms with Gasteiger partial charge in [-0.3, -0.25) is 4.99 Å². The standard InChI is InChI=1S/C18H23N3S.HI/c1-12-7-8-15-10-19-18(21(15)11-12)20-13(2)17-9-14-5-3-4-6-16(14)22-17;/h3-6,9,12-13,15H,7-8,10-11H2,1-2H3,(H,19,20);1H. The molecular weight excluding hydrogens is 417 g/mol. The molecule has 1 aromatic heterocycles. The van der Waals surface area contributed by atoms with E-state index in [0.717, 1.165) is 25.0 Å². The van der Waals surface area contributed by atoms with Crippen LogP contribution in [0.15, 0.2) is 35.3 Å². The fraction of sp³-hybridized carbons (Fsp3) is 0.500. The van der Waals surface area contributed by atoms with E-state index in [4.69, 9.17) is 4.99 Å². The second-order valence-corrected chi connectivity index (χ2v) is 7.82. The van der Waals surface area contributed by atoms with Crippen molar-refractivity contribution >= 4 is 51.4 Å². The highest BCUT2D eigenvalue weighted by Gasteiger charge is 2.33. The van der Waals surface area contributed by atoms with Gasteiger partial charge in [0.25, 0.3) is 0 Å². The Morgan fingerprint density at radius 3 is 2.96 bits per heavy atom. The maximum Gasteiger partial charge on any atom is 0.194 e. The minimum absolute atomic E-state index is 0. The molecule has 3 nitrogen and oxygen atoms in total.